The van der Waals surface area contributed by atoms with Crippen LogP contribution in [0.4, 0.5) is 0 Å². The van der Waals surface area contributed by atoms with Crippen molar-refractivity contribution in [3.63, 3.8) is 0 Å². The van der Waals surface area contributed by atoms with Crippen LogP contribution in [0.1, 0.15) is 70.5 Å². The standard InChI is InChI=1S/C20H30N2S/c1-2-3-4-5-6-7-8-9-13-16-19-21-17-20(23)22(19)18-14-11-10-12-15-18/h10-12,14-15,17,23H,2-9,13,16H2,1H3. The monoisotopic (exact) mass is 330 g/mol. The summed E-state index contributed by atoms with van der Waals surface area (Å²) in [6.45, 7) is 2.27. The van der Waals surface area contributed by atoms with Crippen molar-refractivity contribution in [2.24, 2.45) is 0 Å². The maximum absolute atomic E-state index is 4.55. The van der Waals surface area contributed by atoms with E-state index in [0.29, 0.717) is 0 Å². The number of thiol groups is 1. The van der Waals surface area contributed by atoms with Crippen molar-refractivity contribution in [1.29, 1.82) is 0 Å². The molecule has 0 amide bonds. The van der Waals surface area contributed by atoms with Gasteiger partial charge in [0.2, 0.25) is 0 Å². The number of para-hydroxylation sites is 1. The summed E-state index contributed by atoms with van der Waals surface area (Å²) in [5, 5.41) is 0.919. The van der Waals surface area contributed by atoms with Gasteiger partial charge < -0.3 is 0 Å². The highest BCUT2D eigenvalue weighted by atomic mass is 32.1. The molecule has 0 aliphatic rings. The predicted octanol–water partition coefficient (Wildman–Crippen LogP) is 6.23. The van der Waals surface area contributed by atoms with Gasteiger partial charge in [-0.2, -0.15) is 0 Å². The summed E-state index contributed by atoms with van der Waals surface area (Å²) in [5.74, 6) is 1.13. The largest absolute Gasteiger partial charge is 0.291 e. The molecule has 2 nitrogen and oxygen atoms in total. The fourth-order valence-corrected chi connectivity index (χ4v) is 3.30. The van der Waals surface area contributed by atoms with Crippen LogP contribution < -0.4 is 0 Å². The average molecular weight is 331 g/mol. The van der Waals surface area contributed by atoms with Crippen LogP contribution in [0.3, 0.4) is 0 Å². The van der Waals surface area contributed by atoms with E-state index in [2.05, 4.69) is 53.4 Å². The van der Waals surface area contributed by atoms with Gasteiger partial charge in [-0.1, -0.05) is 76.5 Å². The smallest absolute Gasteiger partial charge is 0.114 e. The first-order chi connectivity index (χ1) is 11.3. The summed E-state index contributed by atoms with van der Waals surface area (Å²) in [6.07, 6.45) is 15.1. The molecule has 3 heteroatoms. The van der Waals surface area contributed by atoms with Gasteiger partial charge in [-0.3, -0.25) is 4.57 Å². The second-order valence-corrected chi connectivity index (χ2v) is 6.74. The summed E-state index contributed by atoms with van der Waals surface area (Å²) in [7, 11) is 0. The second-order valence-electron chi connectivity index (χ2n) is 6.28. The first-order valence-electron chi connectivity index (χ1n) is 9.14. The minimum Gasteiger partial charge on any atom is -0.291 e. The molecule has 0 unspecified atom stereocenters. The molecule has 0 spiro atoms. The third-order valence-electron chi connectivity index (χ3n) is 4.33. The third-order valence-corrected chi connectivity index (χ3v) is 4.65. The lowest BCUT2D eigenvalue weighted by molar-refractivity contribution is 0.560. The first-order valence-corrected chi connectivity index (χ1v) is 9.58. The molecule has 0 N–H and O–H groups in total. The Kier molecular flexibility index (Phi) is 8.30. The van der Waals surface area contributed by atoms with Crippen LogP contribution in [0.2, 0.25) is 0 Å². The number of benzene rings is 1. The van der Waals surface area contributed by atoms with E-state index in [-0.39, 0.29) is 0 Å². The molecule has 1 heterocycles. The summed E-state index contributed by atoms with van der Waals surface area (Å²) >= 11 is 4.55. The minimum absolute atomic E-state index is 0.919. The normalized spacial score (nSPS) is 11.0. The van der Waals surface area contributed by atoms with Crippen LogP contribution in [0, 0.1) is 0 Å². The van der Waals surface area contributed by atoms with Gasteiger partial charge in [0.1, 0.15) is 5.82 Å². The number of nitrogens with zero attached hydrogens (tertiary/aromatic N) is 2. The molecule has 0 saturated heterocycles. The van der Waals surface area contributed by atoms with Crippen LogP contribution in [0.25, 0.3) is 5.69 Å². The highest BCUT2D eigenvalue weighted by Gasteiger charge is 2.08. The molecule has 23 heavy (non-hydrogen) atoms. The molecule has 0 aliphatic carbocycles. The van der Waals surface area contributed by atoms with Gasteiger partial charge in [-0.25, -0.2) is 4.98 Å². The number of rotatable bonds is 11. The van der Waals surface area contributed by atoms with Crippen molar-refractivity contribution < 1.29 is 0 Å². The molecule has 0 aliphatic heterocycles. The van der Waals surface area contributed by atoms with Crippen molar-refractivity contribution in [3.8, 4) is 5.69 Å². The maximum Gasteiger partial charge on any atom is 0.114 e. The summed E-state index contributed by atoms with van der Waals surface area (Å²) in [6, 6.07) is 10.4. The highest BCUT2D eigenvalue weighted by Crippen LogP contribution is 2.19. The number of imidazole rings is 1. The van der Waals surface area contributed by atoms with E-state index >= 15 is 0 Å². The van der Waals surface area contributed by atoms with Crippen molar-refractivity contribution in [2.45, 2.75) is 76.2 Å². The fourth-order valence-electron chi connectivity index (χ4n) is 3.01. The Balaban J connectivity index is 1.71. The molecule has 126 valence electrons. The summed E-state index contributed by atoms with van der Waals surface area (Å²) in [4.78, 5) is 4.55. The summed E-state index contributed by atoms with van der Waals surface area (Å²) < 4.78 is 2.16. The highest BCUT2D eigenvalue weighted by molar-refractivity contribution is 7.80. The Hall–Kier alpha value is -1.22. The number of unbranched alkanes of at least 4 members (excludes halogenated alkanes) is 8. The van der Waals surface area contributed by atoms with Crippen molar-refractivity contribution in [2.75, 3.05) is 0 Å². The third kappa shape index (κ3) is 6.06. The Morgan fingerprint density at radius 2 is 1.48 bits per heavy atom. The van der Waals surface area contributed by atoms with E-state index in [1.807, 2.05) is 12.3 Å². The molecular formula is C20H30N2S. The number of hydrogen-bond acceptors (Lipinski definition) is 2. The Morgan fingerprint density at radius 3 is 2.13 bits per heavy atom. The molecular weight excluding hydrogens is 300 g/mol. The first kappa shape index (κ1) is 18.1. The zero-order valence-electron chi connectivity index (χ0n) is 14.4. The molecule has 0 atom stereocenters. The van der Waals surface area contributed by atoms with Crippen LogP contribution in [0.5, 0.6) is 0 Å². The topological polar surface area (TPSA) is 17.8 Å². The van der Waals surface area contributed by atoms with E-state index in [9.17, 15) is 0 Å². The van der Waals surface area contributed by atoms with Crippen molar-refractivity contribution in [3.05, 3.63) is 42.4 Å². The van der Waals surface area contributed by atoms with Crippen LogP contribution in [0.15, 0.2) is 41.6 Å². The van der Waals surface area contributed by atoms with Gasteiger partial charge in [0.05, 0.1) is 11.2 Å². The van der Waals surface area contributed by atoms with Gasteiger partial charge in [-0.05, 0) is 18.6 Å². The lowest BCUT2D eigenvalue weighted by Crippen LogP contribution is -2.02. The SMILES string of the molecule is CCCCCCCCCCCc1ncc(S)n1-c1ccccc1. The summed E-state index contributed by atoms with van der Waals surface area (Å²) in [5.41, 5.74) is 1.15. The zero-order chi connectivity index (χ0) is 16.3. The zero-order valence-corrected chi connectivity index (χ0v) is 15.3. The van der Waals surface area contributed by atoms with Gasteiger partial charge in [0.15, 0.2) is 0 Å². The Labute approximate surface area is 146 Å². The number of aryl methyl sites for hydroxylation is 1. The van der Waals surface area contributed by atoms with Gasteiger partial charge >= 0.3 is 0 Å². The van der Waals surface area contributed by atoms with Crippen LogP contribution in [-0.2, 0) is 6.42 Å². The van der Waals surface area contributed by atoms with E-state index in [1.165, 1.54) is 57.8 Å². The minimum atomic E-state index is 0.919. The maximum atomic E-state index is 4.55. The second kappa shape index (κ2) is 10.5. The van der Waals surface area contributed by atoms with Crippen molar-refractivity contribution in [1.82, 2.24) is 9.55 Å². The van der Waals surface area contributed by atoms with E-state index in [1.54, 1.807) is 0 Å². The lowest BCUT2D eigenvalue weighted by atomic mass is 10.1. The molecule has 0 saturated carbocycles. The van der Waals surface area contributed by atoms with Crippen molar-refractivity contribution >= 4 is 12.6 Å². The predicted molar refractivity (Wildman–Crippen MR) is 102 cm³/mol. The molecule has 2 rings (SSSR count). The Morgan fingerprint density at radius 1 is 0.870 bits per heavy atom. The van der Waals surface area contributed by atoms with Crippen LogP contribution in [-0.4, -0.2) is 9.55 Å². The Bertz CT molecular complexity index is 548. The quantitative estimate of drug-likeness (QED) is 0.382. The van der Waals surface area contributed by atoms with Gasteiger partial charge in [0, 0.05) is 12.1 Å². The fraction of sp³-hybridized carbons (Fsp3) is 0.550. The van der Waals surface area contributed by atoms with E-state index < -0.39 is 0 Å². The molecule has 0 fully saturated rings. The molecule has 2 aromatic rings. The van der Waals surface area contributed by atoms with Crippen LogP contribution >= 0.6 is 12.6 Å². The van der Waals surface area contributed by atoms with Gasteiger partial charge in [0.25, 0.3) is 0 Å². The average Bonchev–Trinajstić information content (AvgIpc) is 2.95. The molecule has 1 aromatic heterocycles. The van der Waals surface area contributed by atoms with E-state index in [4.69, 9.17) is 0 Å². The molecule has 0 radical (unpaired) electrons. The van der Waals surface area contributed by atoms with E-state index in [0.717, 1.165) is 23.0 Å². The number of aromatic nitrogens is 2. The van der Waals surface area contributed by atoms with Gasteiger partial charge in [-0.15, -0.1) is 12.6 Å². The lowest BCUT2D eigenvalue weighted by Gasteiger charge is -2.09. The molecule has 0 bridgehead atoms. The number of hydrogen-bond donors (Lipinski definition) is 1. The molecule has 1 aromatic carbocycles.